The third kappa shape index (κ3) is 1.52. The fourth-order valence-electron chi connectivity index (χ4n) is 0.771. The molecule has 0 saturated carbocycles. The zero-order valence-corrected chi connectivity index (χ0v) is 4.99. The van der Waals surface area contributed by atoms with Gasteiger partial charge in [-0.1, -0.05) is 12.2 Å². The van der Waals surface area contributed by atoms with Gasteiger partial charge in [-0.2, -0.15) is 0 Å². The highest BCUT2D eigenvalue weighted by Crippen LogP contribution is 2.14. The van der Waals surface area contributed by atoms with Gasteiger partial charge < -0.3 is 0 Å². The molecular weight excluding hydrogens is 108 g/mol. The van der Waals surface area contributed by atoms with Crippen molar-refractivity contribution in [3.8, 4) is 0 Å². The summed E-state index contributed by atoms with van der Waals surface area (Å²) in [6, 6.07) is 0. The molecule has 1 unspecified atom stereocenters. The van der Waals surface area contributed by atoms with E-state index in [1.165, 1.54) is 12.8 Å². The third-order valence-corrected chi connectivity index (χ3v) is 1.56. The van der Waals surface area contributed by atoms with Crippen molar-refractivity contribution < 1.29 is 0 Å². The zero-order chi connectivity index (χ0) is 5.11. The van der Waals surface area contributed by atoms with Gasteiger partial charge in [0.2, 0.25) is 0 Å². The average molecular weight is 117 g/mol. The zero-order valence-electron chi connectivity index (χ0n) is 4.23. The second-order valence-corrected chi connectivity index (χ2v) is 2.44. The SMILES string of the molecule is ClC1C=CCCC1. The van der Waals surface area contributed by atoms with E-state index in [0.717, 1.165) is 6.42 Å². The number of alkyl halides is 1. The lowest BCUT2D eigenvalue weighted by atomic mass is 10.1. The van der Waals surface area contributed by atoms with Crippen LogP contribution in [0.15, 0.2) is 12.2 Å². The lowest BCUT2D eigenvalue weighted by molar-refractivity contribution is 0.736. The molecule has 0 bridgehead atoms. The molecule has 0 heterocycles. The summed E-state index contributed by atoms with van der Waals surface area (Å²) < 4.78 is 0. The Bertz CT molecular complexity index is 76.2. The highest BCUT2D eigenvalue weighted by Gasteiger charge is 2.01. The quantitative estimate of drug-likeness (QED) is 0.337. The smallest absolute Gasteiger partial charge is 0.0516 e. The molecule has 1 aliphatic rings. The first-order valence-electron chi connectivity index (χ1n) is 2.70. The van der Waals surface area contributed by atoms with E-state index < -0.39 is 0 Å². The Hall–Kier alpha value is 0.0300. The number of allylic oxidation sites excluding steroid dienone is 2. The summed E-state index contributed by atoms with van der Waals surface area (Å²) in [6.07, 6.45) is 7.89. The Balaban J connectivity index is 2.36. The first-order chi connectivity index (χ1) is 3.39. The summed E-state index contributed by atoms with van der Waals surface area (Å²) in [5.74, 6) is 0. The fourth-order valence-corrected chi connectivity index (χ4v) is 1.03. The summed E-state index contributed by atoms with van der Waals surface area (Å²) in [5, 5.41) is 0.328. The van der Waals surface area contributed by atoms with Crippen molar-refractivity contribution in [2.45, 2.75) is 24.6 Å². The van der Waals surface area contributed by atoms with Gasteiger partial charge in [-0.3, -0.25) is 0 Å². The molecule has 0 radical (unpaired) electrons. The number of hydrogen-bond donors (Lipinski definition) is 0. The molecule has 40 valence electrons. The van der Waals surface area contributed by atoms with Gasteiger partial charge in [0.05, 0.1) is 5.38 Å². The molecule has 0 nitrogen and oxygen atoms in total. The molecule has 1 aliphatic carbocycles. The molecule has 0 spiro atoms. The first-order valence-corrected chi connectivity index (χ1v) is 3.14. The van der Waals surface area contributed by atoms with E-state index in [4.69, 9.17) is 11.6 Å². The minimum absolute atomic E-state index is 0.328. The summed E-state index contributed by atoms with van der Waals surface area (Å²) in [4.78, 5) is 0. The first kappa shape index (κ1) is 5.17. The van der Waals surface area contributed by atoms with E-state index in [9.17, 15) is 0 Å². The van der Waals surface area contributed by atoms with Crippen LogP contribution >= 0.6 is 11.6 Å². The van der Waals surface area contributed by atoms with Crippen molar-refractivity contribution in [1.82, 2.24) is 0 Å². The van der Waals surface area contributed by atoms with Crippen LogP contribution in [0.25, 0.3) is 0 Å². The van der Waals surface area contributed by atoms with E-state index in [2.05, 4.69) is 12.2 Å². The molecule has 7 heavy (non-hydrogen) atoms. The molecule has 1 rings (SSSR count). The van der Waals surface area contributed by atoms with Crippen molar-refractivity contribution in [2.24, 2.45) is 0 Å². The van der Waals surface area contributed by atoms with Crippen LogP contribution < -0.4 is 0 Å². The molecule has 0 aromatic rings. The molecule has 0 saturated heterocycles. The molecule has 1 atom stereocenters. The van der Waals surface area contributed by atoms with Gasteiger partial charge in [0, 0.05) is 0 Å². The van der Waals surface area contributed by atoms with Crippen molar-refractivity contribution in [3.63, 3.8) is 0 Å². The van der Waals surface area contributed by atoms with Gasteiger partial charge in [-0.15, -0.1) is 11.6 Å². The van der Waals surface area contributed by atoms with Crippen molar-refractivity contribution in [1.29, 1.82) is 0 Å². The fraction of sp³-hybridized carbons (Fsp3) is 0.667. The van der Waals surface area contributed by atoms with Gasteiger partial charge in [-0.25, -0.2) is 0 Å². The minimum Gasteiger partial charge on any atom is -0.118 e. The molecule has 0 N–H and O–H groups in total. The van der Waals surface area contributed by atoms with Crippen molar-refractivity contribution in [3.05, 3.63) is 12.2 Å². The van der Waals surface area contributed by atoms with E-state index in [0.29, 0.717) is 5.38 Å². The third-order valence-electron chi connectivity index (χ3n) is 1.20. The Morgan fingerprint density at radius 1 is 1.57 bits per heavy atom. The minimum atomic E-state index is 0.328. The van der Waals surface area contributed by atoms with Gasteiger partial charge in [0.25, 0.3) is 0 Å². The van der Waals surface area contributed by atoms with E-state index >= 15 is 0 Å². The second kappa shape index (κ2) is 2.37. The monoisotopic (exact) mass is 116 g/mol. The average Bonchev–Trinajstić information content (AvgIpc) is 1.69. The van der Waals surface area contributed by atoms with Gasteiger partial charge in [0.15, 0.2) is 0 Å². The summed E-state index contributed by atoms with van der Waals surface area (Å²) in [6.45, 7) is 0. The van der Waals surface area contributed by atoms with E-state index in [-0.39, 0.29) is 0 Å². The molecule has 1 heteroatoms. The van der Waals surface area contributed by atoms with Gasteiger partial charge >= 0.3 is 0 Å². The standard InChI is InChI=1S/C6H9Cl/c7-6-4-2-1-3-5-6/h2,4,6H,1,3,5H2. The predicted molar refractivity (Wildman–Crippen MR) is 32.6 cm³/mol. The normalized spacial score (nSPS) is 30.7. The summed E-state index contributed by atoms with van der Waals surface area (Å²) in [7, 11) is 0. The van der Waals surface area contributed by atoms with Crippen LogP contribution in [0.5, 0.6) is 0 Å². The van der Waals surface area contributed by atoms with Gasteiger partial charge in [0.1, 0.15) is 0 Å². The van der Waals surface area contributed by atoms with Crippen molar-refractivity contribution in [2.75, 3.05) is 0 Å². The lowest BCUT2D eigenvalue weighted by Crippen LogP contribution is -1.96. The van der Waals surface area contributed by atoms with Crippen LogP contribution in [0.3, 0.4) is 0 Å². The molecular formula is C6H9Cl. The van der Waals surface area contributed by atoms with Crippen LogP contribution in [-0.2, 0) is 0 Å². The Kier molecular flexibility index (Phi) is 1.75. The Labute approximate surface area is 49.2 Å². The highest BCUT2D eigenvalue weighted by molar-refractivity contribution is 6.21. The Morgan fingerprint density at radius 3 is 2.71 bits per heavy atom. The molecule has 0 aromatic heterocycles. The number of halogens is 1. The lowest BCUT2D eigenvalue weighted by Gasteiger charge is -2.06. The van der Waals surface area contributed by atoms with Crippen LogP contribution in [0, 0.1) is 0 Å². The second-order valence-electron chi connectivity index (χ2n) is 1.88. The van der Waals surface area contributed by atoms with Gasteiger partial charge in [-0.05, 0) is 19.3 Å². The number of rotatable bonds is 0. The maximum Gasteiger partial charge on any atom is 0.0516 e. The van der Waals surface area contributed by atoms with Crippen molar-refractivity contribution >= 4 is 11.6 Å². The summed E-state index contributed by atoms with van der Waals surface area (Å²) >= 11 is 5.73. The molecule has 0 fully saturated rings. The van der Waals surface area contributed by atoms with Crippen LogP contribution in [0.1, 0.15) is 19.3 Å². The largest absolute Gasteiger partial charge is 0.118 e. The topological polar surface area (TPSA) is 0 Å². The van der Waals surface area contributed by atoms with Crippen LogP contribution in [0.4, 0.5) is 0 Å². The summed E-state index contributed by atoms with van der Waals surface area (Å²) in [5.41, 5.74) is 0. The molecule has 0 amide bonds. The molecule has 0 aliphatic heterocycles. The molecule has 0 aromatic carbocycles. The maximum absolute atomic E-state index is 5.73. The predicted octanol–water partition coefficient (Wildman–Crippen LogP) is 2.33. The van der Waals surface area contributed by atoms with E-state index in [1.807, 2.05) is 0 Å². The maximum atomic E-state index is 5.73. The van der Waals surface area contributed by atoms with Crippen LogP contribution in [-0.4, -0.2) is 5.38 Å². The van der Waals surface area contributed by atoms with E-state index in [1.54, 1.807) is 0 Å². The van der Waals surface area contributed by atoms with Crippen LogP contribution in [0.2, 0.25) is 0 Å². The highest BCUT2D eigenvalue weighted by atomic mass is 35.5. The number of hydrogen-bond acceptors (Lipinski definition) is 0. The Morgan fingerprint density at radius 2 is 2.43 bits per heavy atom.